The van der Waals surface area contributed by atoms with Gasteiger partial charge in [-0.25, -0.2) is 4.98 Å². The summed E-state index contributed by atoms with van der Waals surface area (Å²) in [7, 11) is 0. The first kappa shape index (κ1) is 18.8. The summed E-state index contributed by atoms with van der Waals surface area (Å²) in [6, 6.07) is 3.83. The van der Waals surface area contributed by atoms with Crippen LogP contribution in [0.5, 0.6) is 0 Å². The fourth-order valence-electron chi connectivity index (χ4n) is 5.13. The van der Waals surface area contributed by atoms with Crippen molar-refractivity contribution in [2.24, 2.45) is 17.8 Å². The van der Waals surface area contributed by atoms with E-state index in [1.54, 1.807) is 12.4 Å². The first-order valence-electron chi connectivity index (χ1n) is 10.3. The number of amides is 1. The van der Waals surface area contributed by atoms with Crippen LogP contribution in [0.2, 0.25) is 0 Å². The number of fused-ring (bicyclic) bond motifs is 2. The van der Waals surface area contributed by atoms with E-state index in [9.17, 15) is 9.59 Å². The fourth-order valence-corrected chi connectivity index (χ4v) is 5.13. The number of carbonyl (C=O) groups excluding carboxylic acids is 1. The summed E-state index contributed by atoms with van der Waals surface area (Å²) in [4.78, 5) is 36.3. The van der Waals surface area contributed by atoms with Gasteiger partial charge in [-0.2, -0.15) is 0 Å². The van der Waals surface area contributed by atoms with Gasteiger partial charge in [0.1, 0.15) is 5.82 Å². The molecule has 4 rings (SSSR count). The van der Waals surface area contributed by atoms with Crippen LogP contribution in [0.4, 0.5) is 0 Å². The number of pyridine rings is 1. The van der Waals surface area contributed by atoms with E-state index in [4.69, 9.17) is 0 Å². The van der Waals surface area contributed by atoms with Gasteiger partial charge >= 0.3 is 0 Å². The van der Waals surface area contributed by atoms with E-state index in [0.29, 0.717) is 35.8 Å². The van der Waals surface area contributed by atoms with Crippen LogP contribution in [0.25, 0.3) is 11.4 Å². The van der Waals surface area contributed by atoms with Crippen LogP contribution in [0, 0.1) is 24.7 Å². The summed E-state index contributed by atoms with van der Waals surface area (Å²) < 4.78 is 0. The van der Waals surface area contributed by atoms with Crippen LogP contribution in [0.3, 0.4) is 0 Å². The number of aromatic nitrogens is 3. The van der Waals surface area contributed by atoms with E-state index in [0.717, 1.165) is 17.4 Å². The molecular formula is C22H28N4O2. The van der Waals surface area contributed by atoms with Crippen molar-refractivity contribution in [1.82, 2.24) is 20.3 Å². The Morgan fingerprint density at radius 1 is 1.29 bits per heavy atom. The number of nitrogens with one attached hydrogen (secondary N) is 2. The van der Waals surface area contributed by atoms with Crippen molar-refractivity contribution in [3.05, 3.63) is 46.1 Å². The molecule has 1 amide bonds. The highest BCUT2D eigenvalue weighted by Crippen LogP contribution is 2.49. The molecule has 2 bridgehead atoms. The van der Waals surface area contributed by atoms with Gasteiger partial charge in [0.05, 0.1) is 0 Å². The molecule has 0 aromatic carbocycles. The van der Waals surface area contributed by atoms with Gasteiger partial charge in [-0.3, -0.25) is 14.6 Å². The Morgan fingerprint density at radius 3 is 2.71 bits per heavy atom. The molecule has 2 aliphatic carbocycles. The van der Waals surface area contributed by atoms with E-state index in [1.807, 2.05) is 19.1 Å². The molecule has 28 heavy (non-hydrogen) atoms. The van der Waals surface area contributed by atoms with Gasteiger partial charge in [-0.05, 0) is 69.4 Å². The van der Waals surface area contributed by atoms with Crippen molar-refractivity contribution in [2.45, 2.75) is 58.4 Å². The van der Waals surface area contributed by atoms with Crippen LogP contribution in [0.1, 0.15) is 50.3 Å². The topological polar surface area (TPSA) is 87.7 Å². The predicted molar refractivity (Wildman–Crippen MR) is 108 cm³/mol. The lowest BCUT2D eigenvalue weighted by molar-refractivity contribution is -0.122. The summed E-state index contributed by atoms with van der Waals surface area (Å²) in [5.74, 6) is 2.83. The Hall–Kier alpha value is -2.50. The fraction of sp³-hybridized carbons (Fsp3) is 0.545. The third kappa shape index (κ3) is 3.86. The van der Waals surface area contributed by atoms with Crippen LogP contribution in [-0.2, 0) is 11.2 Å². The average Bonchev–Trinajstić information content (AvgIpc) is 3.31. The second-order valence-electron chi connectivity index (χ2n) is 8.41. The molecule has 2 fully saturated rings. The van der Waals surface area contributed by atoms with Gasteiger partial charge in [-0.1, -0.05) is 6.42 Å². The van der Waals surface area contributed by atoms with Gasteiger partial charge in [-0.15, -0.1) is 0 Å². The molecule has 2 heterocycles. The molecule has 2 aliphatic rings. The van der Waals surface area contributed by atoms with Crippen LogP contribution in [-0.4, -0.2) is 26.9 Å². The van der Waals surface area contributed by atoms with Crippen LogP contribution < -0.4 is 10.9 Å². The molecule has 4 unspecified atom stereocenters. The molecule has 2 N–H and O–H groups in total. The monoisotopic (exact) mass is 380 g/mol. The molecule has 6 nitrogen and oxygen atoms in total. The predicted octanol–water partition coefficient (Wildman–Crippen LogP) is 3.01. The Kier molecular flexibility index (Phi) is 5.29. The first-order valence-corrected chi connectivity index (χ1v) is 10.3. The maximum atomic E-state index is 12.5. The maximum Gasteiger partial charge on any atom is 0.254 e. The van der Waals surface area contributed by atoms with Crippen molar-refractivity contribution in [2.75, 3.05) is 0 Å². The van der Waals surface area contributed by atoms with Gasteiger partial charge < -0.3 is 10.3 Å². The van der Waals surface area contributed by atoms with Crippen LogP contribution in [0.15, 0.2) is 29.3 Å². The lowest BCUT2D eigenvalue weighted by Gasteiger charge is -2.28. The lowest BCUT2D eigenvalue weighted by Crippen LogP contribution is -2.40. The molecule has 0 spiro atoms. The molecule has 6 heteroatoms. The van der Waals surface area contributed by atoms with E-state index in [-0.39, 0.29) is 17.5 Å². The number of hydrogen-bond acceptors (Lipinski definition) is 4. The molecule has 0 aliphatic heterocycles. The van der Waals surface area contributed by atoms with Crippen molar-refractivity contribution in [3.8, 4) is 11.4 Å². The summed E-state index contributed by atoms with van der Waals surface area (Å²) in [5.41, 5.74) is 1.90. The summed E-state index contributed by atoms with van der Waals surface area (Å²) in [6.45, 7) is 3.96. The number of H-pyrrole nitrogens is 1. The molecule has 2 aromatic rings. The van der Waals surface area contributed by atoms with E-state index >= 15 is 0 Å². The van der Waals surface area contributed by atoms with E-state index in [2.05, 4.69) is 27.2 Å². The molecule has 0 radical (unpaired) electrons. The summed E-state index contributed by atoms with van der Waals surface area (Å²) in [6.07, 6.45) is 9.33. The normalized spacial score (nSPS) is 24.3. The minimum atomic E-state index is -0.173. The largest absolute Gasteiger partial charge is 0.353 e. The Labute approximate surface area is 165 Å². The lowest BCUT2D eigenvalue weighted by atomic mass is 9.84. The SMILES string of the molecule is Cc1nc(-c2ccncc2)[nH]c(=O)c1CCC(=O)NC(C)C1CC2CCC1C2. The molecule has 4 atom stereocenters. The third-order valence-corrected chi connectivity index (χ3v) is 6.60. The number of aryl methyl sites for hydroxylation is 1. The van der Waals surface area contributed by atoms with Crippen molar-refractivity contribution in [1.29, 1.82) is 0 Å². The van der Waals surface area contributed by atoms with E-state index < -0.39 is 0 Å². The maximum absolute atomic E-state index is 12.5. The Balaban J connectivity index is 1.36. The molecule has 2 aromatic heterocycles. The van der Waals surface area contributed by atoms with Gasteiger partial charge in [0, 0.05) is 41.7 Å². The zero-order valence-electron chi connectivity index (χ0n) is 16.6. The highest BCUT2D eigenvalue weighted by molar-refractivity contribution is 5.76. The minimum Gasteiger partial charge on any atom is -0.353 e. The van der Waals surface area contributed by atoms with E-state index in [1.165, 1.54) is 25.7 Å². The number of aromatic amines is 1. The third-order valence-electron chi connectivity index (χ3n) is 6.60. The molecular weight excluding hydrogens is 352 g/mol. The molecule has 2 saturated carbocycles. The number of carbonyl (C=O) groups is 1. The Morgan fingerprint density at radius 2 is 2.07 bits per heavy atom. The van der Waals surface area contributed by atoms with Crippen molar-refractivity contribution >= 4 is 5.91 Å². The van der Waals surface area contributed by atoms with Gasteiger partial charge in [0.2, 0.25) is 5.91 Å². The standard InChI is InChI=1S/C22H28N4O2/c1-13-18(22(28)26-21(25-13)16-7-9-23-10-8-16)5-6-20(27)24-14(2)19-12-15-3-4-17(19)11-15/h7-10,14-15,17,19H,3-6,11-12H2,1-2H3,(H,24,27)(H,25,26,28). The first-order chi connectivity index (χ1) is 13.5. The zero-order chi connectivity index (χ0) is 19.7. The quantitative estimate of drug-likeness (QED) is 0.806. The zero-order valence-corrected chi connectivity index (χ0v) is 16.6. The number of nitrogens with zero attached hydrogens (tertiary/aromatic N) is 2. The average molecular weight is 380 g/mol. The Bertz CT molecular complexity index is 908. The van der Waals surface area contributed by atoms with Gasteiger partial charge in [0.25, 0.3) is 5.56 Å². The minimum absolute atomic E-state index is 0.0206. The molecule has 148 valence electrons. The second kappa shape index (κ2) is 7.86. The summed E-state index contributed by atoms with van der Waals surface area (Å²) in [5, 5.41) is 3.17. The number of hydrogen-bond donors (Lipinski definition) is 2. The van der Waals surface area contributed by atoms with Gasteiger partial charge in [0.15, 0.2) is 0 Å². The highest BCUT2D eigenvalue weighted by atomic mass is 16.1. The second-order valence-corrected chi connectivity index (χ2v) is 8.41. The summed E-state index contributed by atoms with van der Waals surface area (Å²) >= 11 is 0. The van der Waals surface area contributed by atoms with Crippen molar-refractivity contribution in [3.63, 3.8) is 0 Å². The van der Waals surface area contributed by atoms with Crippen molar-refractivity contribution < 1.29 is 4.79 Å². The number of rotatable bonds is 6. The highest BCUT2D eigenvalue weighted by Gasteiger charge is 2.42. The van der Waals surface area contributed by atoms with Crippen LogP contribution >= 0.6 is 0 Å². The molecule has 0 saturated heterocycles. The smallest absolute Gasteiger partial charge is 0.254 e.